The number of hydrogen-bond donors (Lipinski definition) is 0. The minimum absolute atomic E-state index is 0.0918. The number of rotatable bonds is 6. The molecule has 0 spiro atoms. The zero-order valence-electron chi connectivity index (χ0n) is 12.7. The zero-order chi connectivity index (χ0) is 16.7. The first-order valence-electron chi connectivity index (χ1n) is 7.10. The number of esters is 1. The van der Waals surface area contributed by atoms with Gasteiger partial charge in [0.25, 0.3) is 5.91 Å². The number of benzene rings is 1. The van der Waals surface area contributed by atoms with Gasteiger partial charge in [-0.1, -0.05) is 0 Å². The molecule has 0 fully saturated rings. The lowest BCUT2D eigenvalue weighted by Crippen LogP contribution is -2.32. The fourth-order valence-electron chi connectivity index (χ4n) is 2.06. The standard InChI is InChI=1S/C17H17FN2O3/c1-23-16(21)8-11-20(12-13-6-9-19-10-7-13)17(22)14-2-4-15(18)5-3-14/h2-7,9-10H,8,11-12H2,1H3. The van der Waals surface area contributed by atoms with E-state index in [9.17, 15) is 14.0 Å². The van der Waals surface area contributed by atoms with Crippen LogP contribution < -0.4 is 0 Å². The fourth-order valence-corrected chi connectivity index (χ4v) is 2.06. The van der Waals surface area contributed by atoms with E-state index >= 15 is 0 Å². The Morgan fingerprint density at radius 1 is 1.13 bits per heavy atom. The summed E-state index contributed by atoms with van der Waals surface area (Å²) in [6.45, 7) is 0.543. The van der Waals surface area contributed by atoms with Crippen molar-refractivity contribution < 1.29 is 18.7 Å². The van der Waals surface area contributed by atoms with E-state index in [0.29, 0.717) is 12.1 Å². The molecule has 5 nitrogen and oxygen atoms in total. The lowest BCUT2D eigenvalue weighted by atomic mass is 10.1. The van der Waals surface area contributed by atoms with E-state index in [1.54, 1.807) is 24.5 Å². The lowest BCUT2D eigenvalue weighted by Gasteiger charge is -2.22. The minimum Gasteiger partial charge on any atom is -0.469 e. The van der Waals surface area contributed by atoms with Crippen LogP contribution in [0.15, 0.2) is 48.8 Å². The van der Waals surface area contributed by atoms with Crippen molar-refractivity contribution in [1.82, 2.24) is 9.88 Å². The van der Waals surface area contributed by atoms with Gasteiger partial charge in [-0.05, 0) is 42.0 Å². The molecule has 1 aromatic heterocycles. The van der Waals surface area contributed by atoms with E-state index in [0.717, 1.165) is 5.56 Å². The van der Waals surface area contributed by atoms with Crippen LogP contribution in [0.25, 0.3) is 0 Å². The van der Waals surface area contributed by atoms with Crippen molar-refractivity contribution in [3.63, 3.8) is 0 Å². The fraction of sp³-hybridized carbons (Fsp3) is 0.235. The van der Waals surface area contributed by atoms with Crippen LogP contribution in [0.2, 0.25) is 0 Å². The number of hydrogen-bond acceptors (Lipinski definition) is 4. The molecule has 1 heterocycles. The average molecular weight is 316 g/mol. The van der Waals surface area contributed by atoms with Gasteiger partial charge in [-0.3, -0.25) is 14.6 Å². The first-order valence-corrected chi connectivity index (χ1v) is 7.10. The van der Waals surface area contributed by atoms with E-state index in [1.807, 2.05) is 0 Å². The van der Waals surface area contributed by atoms with Crippen LogP contribution in [0.5, 0.6) is 0 Å². The third-order valence-electron chi connectivity index (χ3n) is 3.31. The van der Waals surface area contributed by atoms with Gasteiger partial charge in [-0.15, -0.1) is 0 Å². The number of ether oxygens (including phenoxy) is 1. The van der Waals surface area contributed by atoms with Crippen molar-refractivity contribution in [2.24, 2.45) is 0 Å². The lowest BCUT2D eigenvalue weighted by molar-refractivity contribution is -0.140. The zero-order valence-corrected chi connectivity index (χ0v) is 12.7. The summed E-state index contributed by atoms with van der Waals surface area (Å²) in [6.07, 6.45) is 3.36. The predicted molar refractivity (Wildman–Crippen MR) is 82.0 cm³/mol. The highest BCUT2D eigenvalue weighted by molar-refractivity contribution is 5.94. The molecule has 0 radical (unpaired) electrons. The summed E-state index contributed by atoms with van der Waals surface area (Å²) in [7, 11) is 1.30. The van der Waals surface area contributed by atoms with E-state index in [-0.39, 0.29) is 18.9 Å². The highest BCUT2D eigenvalue weighted by atomic mass is 19.1. The molecule has 0 unspecified atom stereocenters. The molecule has 23 heavy (non-hydrogen) atoms. The van der Waals surface area contributed by atoms with Crippen LogP contribution in [0.4, 0.5) is 4.39 Å². The maximum atomic E-state index is 13.0. The molecular formula is C17H17FN2O3. The van der Waals surface area contributed by atoms with Crippen molar-refractivity contribution >= 4 is 11.9 Å². The maximum absolute atomic E-state index is 13.0. The van der Waals surface area contributed by atoms with Crippen LogP contribution >= 0.6 is 0 Å². The Morgan fingerprint density at radius 2 is 1.78 bits per heavy atom. The van der Waals surface area contributed by atoms with Crippen molar-refractivity contribution in [3.05, 3.63) is 65.7 Å². The normalized spacial score (nSPS) is 10.2. The summed E-state index contributed by atoms with van der Waals surface area (Å²) in [5.41, 5.74) is 1.26. The van der Waals surface area contributed by atoms with E-state index in [2.05, 4.69) is 9.72 Å². The number of carbonyl (C=O) groups is 2. The molecule has 0 aliphatic rings. The smallest absolute Gasteiger partial charge is 0.307 e. The molecule has 0 aliphatic heterocycles. The second-order valence-electron chi connectivity index (χ2n) is 4.92. The van der Waals surface area contributed by atoms with Gasteiger partial charge in [0.1, 0.15) is 5.82 Å². The number of methoxy groups -OCH3 is 1. The number of carbonyl (C=O) groups excluding carboxylic acids is 2. The number of aromatic nitrogens is 1. The summed E-state index contributed by atoms with van der Waals surface area (Å²) in [5.74, 6) is -1.07. The molecular weight excluding hydrogens is 299 g/mol. The van der Waals surface area contributed by atoms with Gasteiger partial charge in [0.05, 0.1) is 13.5 Å². The van der Waals surface area contributed by atoms with Gasteiger partial charge in [0, 0.05) is 31.0 Å². The molecule has 0 saturated carbocycles. The third-order valence-corrected chi connectivity index (χ3v) is 3.31. The van der Waals surface area contributed by atoms with Gasteiger partial charge in [0.2, 0.25) is 0 Å². The molecule has 0 aliphatic carbocycles. The second kappa shape index (κ2) is 8.03. The van der Waals surface area contributed by atoms with Gasteiger partial charge in [0.15, 0.2) is 0 Å². The third kappa shape index (κ3) is 4.88. The molecule has 0 saturated heterocycles. The molecule has 1 aromatic carbocycles. The summed E-state index contributed by atoms with van der Waals surface area (Å²) < 4.78 is 17.6. The molecule has 2 aromatic rings. The SMILES string of the molecule is COC(=O)CCN(Cc1ccncc1)C(=O)c1ccc(F)cc1. The molecule has 0 bridgehead atoms. The van der Waals surface area contributed by atoms with Crippen LogP contribution in [0.3, 0.4) is 0 Å². The van der Waals surface area contributed by atoms with Crippen LogP contribution in [0, 0.1) is 5.82 Å². The van der Waals surface area contributed by atoms with Crippen molar-refractivity contribution in [2.75, 3.05) is 13.7 Å². The largest absolute Gasteiger partial charge is 0.469 e. The van der Waals surface area contributed by atoms with Crippen LogP contribution in [-0.4, -0.2) is 35.4 Å². The van der Waals surface area contributed by atoms with E-state index < -0.39 is 11.8 Å². The van der Waals surface area contributed by atoms with Crippen molar-refractivity contribution in [3.8, 4) is 0 Å². The highest BCUT2D eigenvalue weighted by Crippen LogP contribution is 2.11. The Morgan fingerprint density at radius 3 is 2.39 bits per heavy atom. The first-order chi connectivity index (χ1) is 11.1. The Balaban J connectivity index is 2.15. The van der Waals surface area contributed by atoms with Crippen LogP contribution in [0.1, 0.15) is 22.3 Å². The van der Waals surface area contributed by atoms with E-state index in [4.69, 9.17) is 0 Å². The van der Waals surface area contributed by atoms with E-state index in [1.165, 1.54) is 36.3 Å². The molecule has 120 valence electrons. The average Bonchev–Trinajstić information content (AvgIpc) is 2.59. The van der Waals surface area contributed by atoms with Gasteiger partial charge in [-0.2, -0.15) is 0 Å². The van der Waals surface area contributed by atoms with Crippen molar-refractivity contribution in [2.45, 2.75) is 13.0 Å². The Hall–Kier alpha value is -2.76. The Bertz CT molecular complexity index is 659. The van der Waals surface area contributed by atoms with Gasteiger partial charge >= 0.3 is 5.97 Å². The van der Waals surface area contributed by atoms with Crippen LogP contribution in [-0.2, 0) is 16.1 Å². The number of amides is 1. The van der Waals surface area contributed by atoms with Gasteiger partial charge in [-0.25, -0.2) is 4.39 Å². The number of nitrogens with zero attached hydrogens (tertiary/aromatic N) is 2. The molecule has 1 amide bonds. The molecule has 0 atom stereocenters. The summed E-state index contributed by atoms with van der Waals surface area (Å²) in [4.78, 5) is 29.4. The molecule has 2 rings (SSSR count). The van der Waals surface area contributed by atoms with Crippen molar-refractivity contribution in [1.29, 1.82) is 0 Å². The second-order valence-corrected chi connectivity index (χ2v) is 4.92. The summed E-state index contributed by atoms with van der Waals surface area (Å²) in [5, 5.41) is 0. The highest BCUT2D eigenvalue weighted by Gasteiger charge is 2.17. The Labute approximate surface area is 133 Å². The Kier molecular flexibility index (Phi) is 5.80. The minimum atomic E-state index is -0.406. The first kappa shape index (κ1) is 16.6. The number of pyridine rings is 1. The maximum Gasteiger partial charge on any atom is 0.307 e. The number of halogens is 1. The molecule has 0 N–H and O–H groups in total. The quantitative estimate of drug-likeness (QED) is 0.768. The monoisotopic (exact) mass is 316 g/mol. The summed E-state index contributed by atoms with van der Waals surface area (Å²) in [6, 6.07) is 8.91. The van der Waals surface area contributed by atoms with Gasteiger partial charge < -0.3 is 9.64 Å². The predicted octanol–water partition coefficient (Wildman–Crippen LogP) is 2.43. The topological polar surface area (TPSA) is 59.5 Å². The summed E-state index contributed by atoms with van der Waals surface area (Å²) >= 11 is 0. The molecule has 6 heteroatoms.